The number of nitrogens with one attached hydrogen (secondary N) is 1. The number of halogens is 6. The van der Waals surface area contributed by atoms with Crippen LogP contribution in [0, 0.1) is 0 Å². The van der Waals surface area contributed by atoms with Crippen molar-refractivity contribution in [2.75, 3.05) is 13.2 Å². The van der Waals surface area contributed by atoms with Gasteiger partial charge in [-0.2, -0.15) is 26.3 Å². The first-order chi connectivity index (χ1) is 16.6. The summed E-state index contributed by atoms with van der Waals surface area (Å²) in [4.78, 5) is 11.1. The second-order valence-corrected chi connectivity index (χ2v) is 9.28. The van der Waals surface area contributed by atoms with Gasteiger partial charge >= 0.3 is 12.4 Å². The van der Waals surface area contributed by atoms with E-state index in [1.807, 2.05) is 12.1 Å². The maximum Gasteiger partial charge on any atom is 0.416 e. The number of amides is 1. The number of ether oxygens (including phenoxy) is 1. The first-order valence-corrected chi connectivity index (χ1v) is 11.4. The molecule has 1 fully saturated rings. The van der Waals surface area contributed by atoms with Crippen molar-refractivity contribution in [1.29, 1.82) is 0 Å². The summed E-state index contributed by atoms with van der Waals surface area (Å²) in [5.41, 5.74) is 0.859. The average Bonchev–Trinajstić information content (AvgIpc) is 2.82. The van der Waals surface area contributed by atoms with Crippen LogP contribution in [0.3, 0.4) is 0 Å². The van der Waals surface area contributed by atoms with E-state index in [9.17, 15) is 36.2 Å². The lowest BCUT2D eigenvalue weighted by atomic mass is 9.76. The fourth-order valence-electron chi connectivity index (χ4n) is 4.31. The molecule has 1 saturated heterocycles. The number of piperidine rings is 1. The zero-order valence-electron chi connectivity index (χ0n) is 19.5. The quantitative estimate of drug-likeness (QED) is 0.426. The van der Waals surface area contributed by atoms with Crippen molar-refractivity contribution in [2.24, 2.45) is 5.73 Å². The lowest BCUT2D eigenvalue weighted by Gasteiger charge is -2.45. The Labute approximate surface area is 204 Å². The molecule has 2 aromatic carbocycles. The first kappa shape index (κ1) is 27.9. The second-order valence-electron chi connectivity index (χ2n) is 9.28. The molecule has 0 saturated carbocycles. The lowest BCUT2D eigenvalue weighted by molar-refractivity contribution is -0.143. The molecular formula is C25H28F6N2O3. The number of hydrogen-bond acceptors (Lipinski definition) is 4. The fourth-order valence-corrected chi connectivity index (χ4v) is 4.31. The van der Waals surface area contributed by atoms with Crippen molar-refractivity contribution >= 4 is 5.91 Å². The highest BCUT2D eigenvalue weighted by Gasteiger charge is 2.43. The van der Waals surface area contributed by atoms with E-state index in [2.05, 4.69) is 5.32 Å². The molecule has 3 atom stereocenters. The fraction of sp³-hybridized carbons (Fsp3) is 0.480. The van der Waals surface area contributed by atoms with E-state index in [4.69, 9.17) is 10.5 Å². The summed E-state index contributed by atoms with van der Waals surface area (Å²) in [7, 11) is 0. The van der Waals surface area contributed by atoms with Crippen molar-refractivity contribution in [2.45, 2.75) is 62.2 Å². The van der Waals surface area contributed by atoms with E-state index in [-0.39, 0.29) is 44.0 Å². The van der Waals surface area contributed by atoms with Gasteiger partial charge in [-0.3, -0.25) is 4.79 Å². The third kappa shape index (κ3) is 6.77. The molecule has 5 nitrogen and oxygen atoms in total. The number of benzene rings is 2. The summed E-state index contributed by atoms with van der Waals surface area (Å²) >= 11 is 0. The number of nitrogens with two attached hydrogens (primary N) is 1. The Kier molecular flexibility index (Phi) is 8.07. The van der Waals surface area contributed by atoms with Crippen LogP contribution in [0.2, 0.25) is 0 Å². The zero-order valence-corrected chi connectivity index (χ0v) is 19.5. The van der Waals surface area contributed by atoms with E-state index in [0.29, 0.717) is 18.6 Å². The standard InChI is InChI=1S/C25H28F6N2O3/c1-16(17-11-19(24(26,27)28)13-20(12-17)25(29,30)31)36-15-23(18-5-3-2-4-6-18)10-9-22(35,14-33-23)8-7-21(32)34/h2-6,11-13,16,33,35H,7-10,14-15H2,1H3,(H2,32,34)/t16-,22?,23-/m1/s1. The minimum absolute atomic E-state index is 0.00113. The Morgan fingerprint density at radius 1 is 1.06 bits per heavy atom. The van der Waals surface area contributed by atoms with Crippen LogP contribution >= 0.6 is 0 Å². The third-order valence-electron chi connectivity index (χ3n) is 6.60. The average molecular weight is 518 g/mol. The highest BCUT2D eigenvalue weighted by Crippen LogP contribution is 2.40. The van der Waals surface area contributed by atoms with Crippen LogP contribution in [0.4, 0.5) is 26.3 Å². The van der Waals surface area contributed by atoms with Crippen LogP contribution < -0.4 is 11.1 Å². The van der Waals surface area contributed by atoms with Gasteiger partial charge in [-0.25, -0.2) is 0 Å². The SMILES string of the molecule is C[C@@H](OC[C@@]1(c2ccccc2)CCC(O)(CCC(N)=O)CN1)c1cc(C(F)(F)F)cc(C(F)(F)F)c1. The molecule has 0 aliphatic carbocycles. The molecular weight excluding hydrogens is 490 g/mol. The van der Waals surface area contributed by atoms with Gasteiger partial charge in [0.15, 0.2) is 0 Å². The summed E-state index contributed by atoms with van der Waals surface area (Å²) in [6.45, 7) is 1.40. The molecule has 198 valence electrons. The second kappa shape index (κ2) is 10.4. The number of carbonyl (C=O) groups is 1. The van der Waals surface area contributed by atoms with Crippen molar-refractivity contribution in [3.63, 3.8) is 0 Å². The normalized spacial score (nSPS) is 23.9. The summed E-state index contributed by atoms with van der Waals surface area (Å²) in [5, 5.41) is 14.1. The van der Waals surface area contributed by atoms with Crippen LogP contribution in [0.25, 0.3) is 0 Å². The molecule has 1 aliphatic rings. The summed E-state index contributed by atoms with van der Waals surface area (Å²) in [5.74, 6) is -0.542. The van der Waals surface area contributed by atoms with Crippen LogP contribution in [0.5, 0.6) is 0 Å². The highest BCUT2D eigenvalue weighted by molar-refractivity contribution is 5.73. The van der Waals surface area contributed by atoms with Gasteiger partial charge in [0.05, 0.1) is 35.0 Å². The van der Waals surface area contributed by atoms with Gasteiger partial charge in [-0.15, -0.1) is 0 Å². The van der Waals surface area contributed by atoms with Crippen LogP contribution in [-0.4, -0.2) is 29.8 Å². The van der Waals surface area contributed by atoms with Crippen LogP contribution in [-0.2, 0) is 27.4 Å². The maximum absolute atomic E-state index is 13.3. The summed E-state index contributed by atoms with van der Waals surface area (Å²) in [6.07, 6.45) is -10.2. The zero-order chi connectivity index (χ0) is 26.8. The number of β-amino-alcohol motifs (C(OH)–C–C–N with tert-alkyl or cyclic N) is 1. The van der Waals surface area contributed by atoms with Crippen molar-refractivity contribution in [3.05, 3.63) is 70.8 Å². The number of aliphatic hydroxyl groups is 1. The monoisotopic (exact) mass is 518 g/mol. The van der Waals surface area contributed by atoms with E-state index < -0.39 is 46.6 Å². The number of carbonyl (C=O) groups excluding carboxylic acids is 1. The largest absolute Gasteiger partial charge is 0.416 e. The molecule has 3 rings (SSSR count). The van der Waals surface area contributed by atoms with E-state index in [1.54, 1.807) is 18.2 Å². The molecule has 0 aromatic heterocycles. The predicted octanol–water partition coefficient (Wildman–Crippen LogP) is 5.08. The number of rotatable bonds is 8. The first-order valence-electron chi connectivity index (χ1n) is 11.4. The van der Waals surface area contributed by atoms with Gasteiger partial charge in [0.25, 0.3) is 0 Å². The predicted molar refractivity (Wildman–Crippen MR) is 120 cm³/mol. The van der Waals surface area contributed by atoms with E-state index >= 15 is 0 Å². The number of primary amides is 1. The lowest BCUT2D eigenvalue weighted by Crippen LogP contribution is -2.58. The van der Waals surface area contributed by atoms with Gasteiger partial charge in [-0.05, 0) is 55.5 Å². The Balaban J connectivity index is 1.84. The summed E-state index contributed by atoms with van der Waals surface area (Å²) < 4.78 is 85.5. The topological polar surface area (TPSA) is 84.6 Å². The molecule has 36 heavy (non-hydrogen) atoms. The van der Waals surface area contributed by atoms with Gasteiger partial charge < -0.3 is 20.9 Å². The maximum atomic E-state index is 13.3. The van der Waals surface area contributed by atoms with Gasteiger partial charge in [-0.1, -0.05) is 30.3 Å². The molecule has 1 aliphatic heterocycles. The molecule has 2 aromatic rings. The number of hydrogen-bond donors (Lipinski definition) is 3. The molecule has 0 radical (unpaired) electrons. The highest BCUT2D eigenvalue weighted by atomic mass is 19.4. The Morgan fingerprint density at radius 3 is 2.11 bits per heavy atom. The van der Waals surface area contributed by atoms with Gasteiger partial charge in [0.2, 0.25) is 5.91 Å². The van der Waals surface area contributed by atoms with E-state index in [0.717, 1.165) is 5.56 Å². The summed E-state index contributed by atoms with van der Waals surface area (Å²) in [6, 6.07) is 10.4. The molecule has 11 heteroatoms. The molecule has 0 spiro atoms. The van der Waals surface area contributed by atoms with Crippen LogP contribution in [0.1, 0.15) is 61.0 Å². The minimum atomic E-state index is -4.96. The molecule has 1 amide bonds. The molecule has 1 heterocycles. The van der Waals surface area contributed by atoms with Gasteiger partial charge in [0.1, 0.15) is 0 Å². The van der Waals surface area contributed by atoms with Crippen molar-refractivity contribution < 1.29 is 41.0 Å². The Bertz CT molecular complexity index is 1020. The third-order valence-corrected chi connectivity index (χ3v) is 6.60. The molecule has 1 unspecified atom stereocenters. The van der Waals surface area contributed by atoms with Crippen molar-refractivity contribution in [3.8, 4) is 0 Å². The van der Waals surface area contributed by atoms with E-state index in [1.165, 1.54) is 6.92 Å². The van der Waals surface area contributed by atoms with Crippen molar-refractivity contribution in [1.82, 2.24) is 5.32 Å². The smallest absolute Gasteiger partial charge is 0.389 e. The Morgan fingerprint density at radius 2 is 1.64 bits per heavy atom. The van der Waals surface area contributed by atoms with Crippen LogP contribution in [0.15, 0.2) is 48.5 Å². The Hall–Kier alpha value is -2.63. The molecule has 0 bridgehead atoms. The van der Waals surface area contributed by atoms with Gasteiger partial charge in [0, 0.05) is 13.0 Å². The number of alkyl halides is 6. The molecule has 4 N–H and O–H groups in total. The minimum Gasteiger partial charge on any atom is -0.389 e.